The topological polar surface area (TPSA) is 67.6 Å². The molecule has 0 bridgehead atoms. The molecule has 1 aromatic rings. The van der Waals surface area contributed by atoms with Crippen LogP contribution < -0.4 is 11.1 Å². The van der Waals surface area contributed by atoms with Gasteiger partial charge in [0.1, 0.15) is 0 Å². The summed E-state index contributed by atoms with van der Waals surface area (Å²) < 4.78 is 43.9. The molecular weight excluding hydrogens is 359 g/mol. The van der Waals surface area contributed by atoms with Crippen LogP contribution in [0, 0.1) is 0 Å². The summed E-state index contributed by atoms with van der Waals surface area (Å²) in [6, 6.07) is 4.87. The number of ether oxygens (including phenoxy) is 1. The van der Waals surface area contributed by atoms with Crippen molar-refractivity contribution < 1.29 is 22.7 Å². The van der Waals surface area contributed by atoms with E-state index in [4.69, 9.17) is 10.5 Å². The molecule has 1 saturated heterocycles. The molecule has 1 aliphatic rings. The number of nitrogens with one attached hydrogen (secondary N) is 1. The molecule has 0 radical (unpaired) electrons. The first-order chi connectivity index (χ1) is 12.6. The molecular formula is C19H28F3N3O2. The van der Waals surface area contributed by atoms with Crippen LogP contribution in [0.15, 0.2) is 24.3 Å². The van der Waals surface area contributed by atoms with E-state index in [0.29, 0.717) is 32.7 Å². The number of carbonyl (C=O) groups is 1. The zero-order valence-corrected chi connectivity index (χ0v) is 15.8. The molecule has 1 heterocycles. The summed E-state index contributed by atoms with van der Waals surface area (Å²) in [4.78, 5) is 14.5. The van der Waals surface area contributed by atoms with Crippen LogP contribution in [-0.4, -0.2) is 49.2 Å². The molecule has 0 aliphatic carbocycles. The molecule has 1 fully saturated rings. The first kappa shape index (κ1) is 21.7. The number of halogens is 3. The molecule has 0 saturated carbocycles. The van der Waals surface area contributed by atoms with Crippen molar-refractivity contribution in [2.24, 2.45) is 5.73 Å². The molecule has 5 nitrogen and oxygen atoms in total. The van der Waals surface area contributed by atoms with Gasteiger partial charge in [0.25, 0.3) is 0 Å². The van der Waals surface area contributed by atoms with Crippen molar-refractivity contribution in [1.29, 1.82) is 0 Å². The molecule has 27 heavy (non-hydrogen) atoms. The Morgan fingerprint density at radius 1 is 1.26 bits per heavy atom. The number of morpholine rings is 1. The molecule has 152 valence electrons. The lowest BCUT2D eigenvalue weighted by atomic mass is 9.96. The minimum Gasteiger partial charge on any atom is -0.379 e. The van der Waals surface area contributed by atoms with Crippen LogP contribution in [0.2, 0.25) is 0 Å². The molecule has 0 aromatic heterocycles. The summed E-state index contributed by atoms with van der Waals surface area (Å²) in [7, 11) is 0. The van der Waals surface area contributed by atoms with Crippen molar-refractivity contribution in [3.8, 4) is 0 Å². The highest BCUT2D eigenvalue weighted by molar-refractivity contribution is 5.85. The number of carbonyl (C=O) groups excluding carboxylic acids is 1. The fourth-order valence-electron chi connectivity index (χ4n) is 3.27. The van der Waals surface area contributed by atoms with Crippen LogP contribution in [0.25, 0.3) is 0 Å². The van der Waals surface area contributed by atoms with Crippen molar-refractivity contribution in [3.63, 3.8) is 0 Å². The van der Waals surface area contributed by atoms with Gasteiger partial charge in [-0.25, -0.2) is 0 Å². The van der Waals surface area contributed by atoms with Crippen LogP contribution in [0.5, 0.6) is 0 Å². The largest absolute Gasteiger partial charge is 0.416 e. The third kappa shape index (κ3) is 5.92. The van der Waals surface area contributed by atoms with Crippen molar-refractivity contribution in [2.75, 3.05) is 32.8 Å². The van der Waals surface area contributed by atoms with Gasteiger partial charge in [-0.15, -0.1) is 0 Å². The van der Waals surface area contributed by atoms with E-state index in [0.717, 1.165) is 24.1 Å². The monoisotopic (exact) mass is 387 g/mol. The third-order valence-electron chi connectivity index (χ3n) is 4.85. The molecule has 1 aromatic carbocycles. The third-order valence-corrected chi connectivity index (χ3v) is 4.85. The van der Waals surface area contributed by atoms with Crippen LogP contribution in [0.3, 0.4) is 0 Å². The minimum absolute atomic E-state index is 0.238. The molecule has 0 spiro atoms. The second kappa shape index (κ2) is 9.03. The Bertz CT molecular complexity index is 612. The average molecular weight is 387 g/mol. The lowest BCUT2D eigenvalue weighted by Gasteiger charge is -2.35. The van der Waals surface area contributed by atoms with Gasteiger partial charge in [0.2, 0.25) is 5.91 Å². The van der Waals surface area contributed by atoms with Gasteiger partial charge in [0, 0.05) is 19.6 Å². The fraction of sp³-hybridized carbons (Fsp3) is 0.632. The standard InChI is InChI=1S/C19H28F3N3O2/c1-3-8-18(2,23)17(26)24-13-16(25-9-11-27-12-10-25)14-4-6-15(7-5-14)19(20,21)22/h4-7,16H,3,8-13,23H2,1-2H3,(H,24,26). The van der Waals surface area contributed by atoms with Gasteiger partial charge >= 0.3 is 6.18 Å². The van der Waals surface area contributed by atoms with E-state index in [9.17, 15) is 18.0 Å². The van der Waals surface area contributed by atoms with E-state index in [1.165, 1.54) is 12.1 Å². The van der Waals surface area contributed by atoms with E-state index in [2.05, 4.69) is 10.2 Å². The number of nitrogens with zero attached hydrogens (tertiary/aromatic N) is 1. The van der Waals surface area contributed by atoms with E-state index in [1.54, 1.807) is 6.92 Å². The molecule has 1 aliphatic heterocycles. The van der Waals surface area contributed by atoms with Gasteiger partial charge in [-0.3, -0.25) is 9.69 Å². The Labute approximate surface area is 158 Å². The van der Waals surface area contributed by atoms with Crippen LogP contribution >= 0.6 is 0 Å². The van der Waals surface area contributed by atoms with Crippen LogP contribution in [-0.2, 0) is 15.7 Å². The highest BCUT2D eigenvalue weighted by Crippen LogP contribution is 2.31. The first-order valence-corrected chi connectivity index (χ1v) is 9.21. The summed E-state index contributed by atoms with van der Waals surface area (Å²) in [5.41, 5.74) is 5.14. The number of alkyl halides is 3. The highest BCUT2D eigenvalue weighted by atomic mass is 19.4. The fourth-order valence-corrected chi connectivity index (χ4v) is 3.27. The predicted octanol–water partition coefficient (Wildman–Crippen LogP) is 2.71. The maximum atomic E-state index is 12.8. The Morgan fingerprint density at radius 3 is 2.37 bits per heavy atom. The van der Waals surface area contributed by atoms with Crippen molar-refractivity contribution in [2.45, 2.75) is 44.4 Å². The zero-order chi connectivity index (χ0) is 20.1. The smallest absolute Gasteiger partial charge is 0.379 e. The summed E-state index contributed by atoms with van der Waals surface area (Å²) in [5, 5.41) is 2.88. The number of benzene rings is 1. The Morgan fingerprint density at radius 2 is 1.85 bits per heavy atom. The average Bonchev–Trinajstić information content (AvgIpc) is 2.62. The van der Waals surface area contributed by atoms with Crippen LogP contribution in [0.4, 0.5) is 13.2 Å². The van der Waals surface area contributed by atoms with Crippen LogP contribution in [0.1, 0.15) is 43.9 Å². The van der Waals surface area contributed by atoms with Gasteiger partial charge < -0.3 is 15.8 Å². The van der Waals surface area contributed by atoms with Crippen molar-refractivity contribution in [3.05, 3.63) is 35.4 Å². The Balaban J connectivity index is 2.15. The Hall–Kier alpha value is -1.64. The van der Waals surface area contributed by atoms with E-state index in [1.807, 2.05) is 6.92 Å². The molecule has 8 heteroatoms. The number of amides is 1. The maximum absolute atomic E-state index is 12.8. The van der Waals surface area contributed by atoms with E-state index in [-0.39, 0.29) is 18.5 Å². The summed E-state index contributed by atoms with van der Waals surface area (Å²) in [6.45, 7) is 6.32. The second-order valence-corrected chi connectivity index (χ2v) is 7.16. The molecule has 2 atom stereocenters. The van der Waals surface area contributed by atoms with Crippen molar-refractivity contribution in [1.82, 2.24) is 10.2 Å². The lowest BCUT2D eigenvalue weighted by molar-refractivity contribution is -0.137. The lowest BCUT2D eigenvalue weighted by Crippen LogP contribution is -2.53. The van der Waals surface area contributed by atoms with Gasteiger partial charge in [0.05, 0.1) is 30.4 Å². The van der Waals surface area contributed by atoms with Gasteiger partial charge in [-0.2, -0.15) is 13.2 Å². The SMILES string of the molecule is CCCC(C)(N)C(=O)NCC(c1ccc(C(F)(F)F)cc1)N1CCOCC1. The number of rotatable bonds is 7. The summed E-state index contributed by atoms with van der Waals surface area (Å²) in [6.07, 6.45) is -3.03. The Kier molecular flexibility index (Phi) is 7.25. The normalized spacial score (nSPS) is 19.3. The predicted molar refractivity (Wildman–Crippen MR) is 97.1 cm³/mol. The maximum Gasteiger partial charge on any atom is 0.416 e. The van der Waals surface area contributed by atoms with Gasteiger partial charge in [-0.05, 0) is 31.0 Å². The van der Waals surface area contributed by atoms with Gasteiger partial charge in [0.15, 0.2) is 0 Å². The molecule has 2 rings (SSSR count). The highest BCUT2D eigenvalue weighted by Gasteiger charge is 2.32. The van der Waals surface area contributed by atoms with Gasteiger partial charge in [-0.1, -0.05) is 25.5 Å². The van der Waals surface area contributed by atoms with E-state index >= 15 is 0 Å². The molecule has 1 amide bonds. The number of hydrogen-bond acceptors (Lipinski definition) is 4. The second-order valence-electron chi connectivity index (χ2n) is 7.16. The summed E-state index contributed by atoms with van der Waals surface area (Å²) in [5.74, 6) is -0.255. The molecule has 3 N–H and O–H groups in total. The number of nitrogens with two attached hydrogens (primary N) is 1. The number of hydrogen-bond donors (Lipinski definition) is 2. The minimum atomic E-state index is -4.37. The van der Waals surface area contributed by atoms with E-state index < -0.39 is 17.3 Å². The summed E-state index contributed by atoms with van der Waals surface area (Å²) >= 11 is 0. The zero-order valence-electron chi connectivity index (χ0n) is 15.8. The molecule has 2 unspecified atom stereocenters. The first-order valence-electron chi connectivity index (χ1n) is 9.21. The quantitative estimate of drug-likeness (QED) is 0.755. The van der Waals surface area contributed by atoms with Crippen molar-refractivity contribution >= 4 is 5.91 Å².